The number of nitrogens with two attached hydrogens (primary N) is 2. The summed E-state index contributed by atoms with van der Waals surface area (Å²) in [4.78, 5) is 11.5. The van der Waals surface area contributed by atoms with Gasteiger partial charge in [-0.25, -0.2) is 9.98 Å². The molecule has 1 unspecified atom stereocenters. The van der Waals surface area contributed by atoms with Crippen LogP contribution in [0.15, 0.2) is 29.3 Å². The van der Waals surface area contributed by atoms with Crippen LogP contribution in [-0.2, 0) is 6.54 Å². The number of fused-ring (bicyclic) bond motifs is 1. The highest BCUT2D eigenvalue weighted by atomic mass is 15.2. The molecule has 1 fully saturated rings. The van der Waals surface area contributed by atoms with Crippen LogP contribution in [0.3, 0.4) is 0 Å². The molecule has 0 saturated heterocycles. The molecule has 0 bridgehead atoms. The fourth-order valence-electron chi connectivity index (χ4n) is 4.67. The summed E-state index contributed by atoms with van der Waals surface area (Å²) in [7, 11) is 2.17. The lowest BCUT2D eigenvalue weighted by atomic mass is 9.90. The van der Waals surface area contributed by atoms with Crippen molar-refractivity contribution < 1.29 is 0 Å². The molecular weight excluding hydrogens is 402 g/mol. The molecule has 1 saturated carbocycles. The number of anilines is 3. The van der Waals surface area contributed by atoms with Gasteiger partial charge in [0.1, 0.15) is 29.3 Å². The van der Waals surface area contributed by atoms with E-state index in [1.165, 1.54) is 32.1 Å². The number of guanidine groups is 1. The van der Waals surface area contributed by atoms with Gasteiger partial charge in [0.05, 0.1) is 5.69 Å². The van der Waals surface area contributed by atoms with Gasteiger partial charge in [0.2, 0.25) is 5.96 Å². The lowest BCUT2D eigenvalue weighted by Crippen LogP contribution is -2.34. The van der Waals surface area contributed by atoms with Crippen molar-refractivity contribution in [2.75, 3.05) is 23.8 Å². The van der Waals surface area contributed by atoms with Crippen molar-refractivity contribution in [1.82, 2.24) is 15.2 Å². The van der Waals surface area contributed by atoms with Crippen molar-refractivity contribution in [3.63, 3.8) is 0 Å². The summed E-state index contributed by atoms with van der Waals surface area (Å²) in [5, 5.41) is 24.2. The zero-order chi connectivity index (χ0) is 22.7. The molecule has 9 nitrogen and oxygen atoms in total. The fourth-order valence-corrected chi connectivity index (χ4v) is 4.67. The third kappa shape index (κ3) is 4.03. The third-order valence-electron chi connectivity index (χ3n) is 6.33. The number of rotatable bonds is 4. The van der Waals surface area contributed by atoms with Gasteiger partial charge in [-0.15, -0.1) is 0 Å². The van der Waals surface area contributed by atoms with Crippen LogP contribution in [-0.4, -0.2) is 28.9 Å². The molecule has 9 heteroatoms. The SMILES string of the molecule is CN(Cc1ccccc1C1N=C(NC#N)Nc2nc(N)c(C#N)c(N)c21)C1CCCCC1. The van der Waals surface area contributed by atoms with Crippen LogP contribution in [0.1, 0.15) is 60.4 Å². The van der Waals surface area contributed by atoms with Gasteiger partial charge in [-0.3, -0.25) is 10.2 Å². The molecule has 1 atom stereocenters. The maximum atomic E-state index is 9.54. The predicted octanol–water partition coefficient (Wildman–Crippen LogP) is 2.82. The molecule has 2 aromatic rings. The molecule has 164 valence electrons. The average Bonchev–Trinajstić information content (AvgIpc) is 2.80. The number of benzene rings is 1. The molecule has 4 rings (SSSR count). The number of hydrogen-bond acceptors (Lipinski definition) is 9. The second-order valence-corrected chi connectivity index (χ2v) is 8.31. The molecule has 1 aromatic carbocycles. The number of nitrogen functional groups attached to an aromatic ring is 2. The third-order valence-corrected chi connectivity index (χ3v) is 6.33. The van der Waals surface area contributed by atoms with Crippen molar-refractivity contribution in [3.8, 4) is 12.3 Å². The van der Waals surface area contributed by atoms with Crippen molar-refractivity contribution >= 4 is 23.3 Å². The van der Waals surface area contributed by atoms with E-state index in [1.807, 2.05) is 30.5 Å². The molecule has 6 N–H and O–H groups in total. The first-order valence-corrected chi connectivity index (χ1v) is 10.8. The minimum Gasteiger partial charge on any atom is -0.397 e. The second kappa shape index (κ2) is 9.13. The zero-order valence-corrected chi connectivity index (χ0v) is 18.1. The first-order valence-electron chi connectivity index (χ1n) is 10.8. The van der Waals surface area contributed by atoms with Gasteiger partial charge in [-0.05, 0) is 31.0 Å². The number of aromatic nitrogens is 1. The number of nitriles is 2. The van der Waals surface area contributed by atoms with E-state index in [0.29, 0.717) is 17.4 Å². The number of nitrogens with zero attached hydrogens (tertiary/aromatic N) is 5. The van der Waals surface area contributed by atoms with Gasteiger partial charge in [0.15, 0.2) is 6.19 Å². The van der Waals surface area contributed by atoms with Gasteiger partial charge in [-0.2, -0.15) is 10.5 Å². The number of hydrogen-bond donors (Lipinski definition) is 4. The monoisotopic (exact) mass is 429 g/mol. The molecule has 2 heterocycles. The summed E-state index contributed by atoms with van der Waals surface area (Å²) >= 11 is 0. The topological polar surface area (TPSA) is 152 Å². The normalized spacial score (nSPS) is 18.1. The quantitative estimate of drug-likeness (QED) is 0.427. The van der Waals surface area contributed by atoms with Gasteiger partial charge >= 0.3 is 0 Å². The fraction of sp³-hybridized carbons (Fsp3) is 0.391. The summed E-state index contributed by atoms with van der Waals surface area (Å²) in [5.41, 5.74) is 15.4. The van der Waals surface area contributed by atoms with Gasteiger partial charge in [-0.1, -0.05) is 43.5 Å². The highest BCUT2D eigenvalue weighted by Gasteiger charge is 2.31. The van der Waals surface area contributed by atoms with E-state index in [2.05, 4.69) is 33.6 Å². The summed E-state index contributed by atoms with van der Waals surface area (Å²) in [6.07, 6.45) is 8.17. The van der Waals surface area contributed by atoms with Crippen LogP contribution in [0.4, 0.5) is 17.3 Å². The van der Waals surface area contributed by atoms with Crippen LogP contribution in [0.25, 0.3) is 0 Å². The Labute approximate surface area is 187 Å². The zero-order valence-electron chi connectivity index (χ0n) is 18.1. The van der Waals surface area contributed by atoms with E-state index in [1.54, 1.807) is 0 Å². The Kier molecular flexibility index (Phi) is 6.11. The van der Waals surface area contributed by atoms with E-state index in [4.69, 9.17) is 21.7 Å². The van der Waals surface area contributed by atoms with Gasteiger partial charge in [0.25, 0.3) is 0 Å². The van der Waals surface area contributed by atoms with Gasteiger partial charge < -0.3 is 16.8 Å². The van der Waals surface area contributed by atoms with E-state index in [9.17, 15) is 5.26 Å². The van der Waals surface area contributed by atoms with Crippen LogP contribution in [0.2, 0.25) is 0 Å². The Balaban J connectivity index is 1.78. The highest BCUT2D eigenvalue weighted by molar-refractivity contribution is 5.98. The summed E-state index contributed by atoms with van der Waals surface area (Å²) in [6.45, 7) is 0.768. The van der Waals surface area contributed by atoms with Crippen molar-refractivity contribution in [3.05, 3.63) is 46.5 Å². The summed E-state index contributed by atoms with van der Waals surface area (Å²) in [6, 6.07) is 10.2. The molecule has 0 radical (unpaired) electrons. The first kappa shape index (κ1) is 21.4. The predicted molar refractivity (Wildman–Crippen MR) is 124 cm³/mol. The molecule has 1 aromatic heterocycles. The van der Waals surface area contributed by atoms with Crippen LogP contribution in [0, 0.1) is 22.8 Å². The molecule has 32 heavy (non-hydrogen) atoms. The minimum atomic E-state index is -0.529. The maximum Gasteiger partial charge on any atom is 0.211 e. The van der Waals surface area contributed by atoms with E-state index < -0.39 is 6.04 Å². The lowest BCUT2D eigenvalue weighted by molar-refractivity contribution is 0.184. The Morgan fingerprint density at radius 3 is 2.66 bits per heavy atom. The highest BCUT2D eigenvalue weighted by Crippen LogP contribution is 2.41. The first-order chi connectivity index (χ1) is 15.5. The molecule has 0 amide bonds. The van der Waals surface area contributed by atoms with Crippen LogP contribution < -0.4 is 22.1 Å². The summed E-state index contributed by atoms with van der Waals surface area (Å²) < 4.78 is 0. The number of aliphatic imine (C=N–C) groups is 1. The lowest BCUT2D eigenvalue weighted by Gasteiger charge is -2.33. The maximum absolute atomic E-state index is 9.54. The largest absolute Gasteiger partial charge is 0.397 e. The van der Waals surface area contributed by atoms with Crippen molar-refractivity contribution in [2.24, 2.45) is 4.99 Å². The Bertz CT molecular complexity index is 1120. The van der Waals surface area contributed by atoms with E-state index in [0.717, 1.165) is 17.7 Å². The molecule has 2 aliphatic rings. The molecular formula is C23H27N9. The standard InChI is InChI=1S/C23H27N9/c1-32(15-8-3-2-4-9-15)12-14-7-5-6-10-16(14)20-18-19(26)17(11-24)21(27)30-22(18)31-23(29-20)28-13-25/h5-7,10,15,20H,2-4,8-9,12H2,1H3,(H6,26,27,28,29,30,31). The molecule has 1 aliphatic heterocycles. The van der Waals surface area contributed by atoms with E-state index in [-0.39, 0.29) is 23.0 Å². The smallest absolute Gasteiger partial charge is 0.211 e. The molecule has 0 spiro atoms. The molecule has 1 aliphatic carbocycles. The Hall–Kier alpha value is -3.82. The van der Waals surface area contributed by atoms with Crippen molar-refractivity contribution in [1.29, 1.82) is 10.5 Å². The Morgan fingerprint density at radius 2 is 1.94 bits per heavy atom. The Morgan fingerprint density at radius 1 is 1.19 bits per heavy atom. The summed E-state index contributed by atoms with van der Waals surface area (Å²) in [5.74, 6) is 0.696. The van der Waals surface area contributed by atoms with E-state index >= 15 is 0 Å². The number of nitrogens with one attached hydrogen (secondary N) is 2. The number of pyridine rings is 1. The van der Waals surface area contributed by atoms with Crippen LogP contribution >= 0.6 is 0 Å². The average molecular weight is 430 g/mol. The minimum absolute atomic E-state index is 0.0403. The van der Waals surface area contributed by atoms with Crippen LogP contribution in [0.5, 0.6) is 0 Å². The second-order valence-electron chi connectivity index (χ2n) is 8.31. The van der Waals surface area contributed by atoms with Gasteiger partial charge in [0, 0.05) is 18.2 Å². The van der Waals surface area contributed by atoms with Crippen molar-refractivity contribution in [2.45, 2.75) is 50.7 Å².